The first-order valence-corrected chi connectivity index (χ1v) is 9.18. The van der Waals surface area contributed by atoms with Crippen LogP contribution in [0.3, 0.4) is 0 Å². The van der Waals surface area contributed by atoms with Crippen LogP contribution in [0, 0.1) is 11.8 Å². The molecular formula is C15H23ClN2O2S. The van der Waals surface area contributed by atoms with E-state index in [2.05, 4.69) is 18.6 Å². The highest BCUT2D eigenvalue weighted by molar-refractivity contribution is 7.89. The Labute approximate surface area is 132 Å². The Bertz CT molecular complexity index is 594. The van der Waals surface area contributed by atoms with E-state index in [9.17, 15) is 8.42 Å². The van der Waals surface area contributed by atoms with E-state index in [1.54, 1.807) is 12.1 Å². The fourth-order valence-corrected chi connectivity index (χ4v) is 5.04. The van der Waals surface area contributed by atoms with Gasteiger partial charge in [-0.2, -0.15) is 0 Å². The van der Waals surface area contributed by atoms with Crippen LogP contribution < -0.4 is 10.5 Å². The van der Waals surface area contributed by atoms with Crippen molar-refractivity contribution in [2.75, 3.05) is 0 Å². The molecule has 2 unspecified atom stereocenters. The number of hydrogen-bond acceptors (Lipinski definition) is 3. The summed E-state index contributed by atoms with van der Waals surface area (Å²) in [6.07, 6.45) is 2.91. The van der Waals surface area contributed by atoms with Gasteiger partial charge < -0.3 is 5.73 Å². The van der Waals surface area contributed by atoms with Gasteiger partial charge in [-0.1, -0.05) is 31.5 Å². The average molecular weight is 331 g/mol. The predicted molar refractivity (Wildman–Crippen MR) is 85.6 cm³/mol. The summed E-state index contributed by atoms with van der Waals surface area (Å²) in [5, 5.41) is 0.224. The van der Waals surface area contributed by atoms with Gasteiger partial charge in [0.2, 0.25) is 10.0 Å². The van der Waals surface area contributed by atoms with Crippen molar-refractivity contribution in [2.45, 2.75) is 50.6 Å². The van der Waals surface area contributed by atoms with Crippen molar-refractivity contribution in [2.24, 2.45) is 17.6 Å². The molecule has 1 aliphatic carbocycles. The first-order valence-electron chi connectivity index (χ1n) is 7.32. The summed E-state index contributed by atoms with van der Waals surface area (Å²) < 4.78 is 27.8. The van der Waals surface area contributed by atoms with Crippen LogP contribution in [-0.4, -0.2) is 14.5 Å². The largest absolute Gasteiger partial charge is 0.326 e. The van der Waals surface area contributed by atoms with Gasteiger partial charge in [0, 0.05) is 12.6 Å². The zero-order valence-corrected chi connectivity index (χ0v) is 14.0. The molecule has 1 saturated carbocycles. The van der Waals surface area contributed by atoms with Crippen LogP contribution in [0.15, 0.2) is 23.1 Å². The van der Waals surface area contributed by atoms with E-state index >= 15 is 0 Å². The standard InChI is InChI=1S/C15H23ClN2O2S/c1-10-5-11(2)7-13(6-10)18-21(19,20)15-4-3-12(9-17)8-14(15)16/h3-4,8,10-11,13,18H,5-7,9,17H2,1-2H3. The number of nitrogens with one attached hydrogen (secondary N) is 1. The summed E-state index contributed by atoms with van der Waals surface area (Å²) in [6.45, 7) is 4.67. The molecular weight excluding hydrogens is 308 g/mol. The molecule has 21 heavy (non-hydrogen) atoms. The molecule has 0 radical (unpaired) electrons. The van der Waals surface area contributed by atoms with Gasteiger partial charge in [-0.15, -0.1) is 0 Å². The van der Waals surface area contributed by atoms with E-state index in [4.69, 9.17) is 17.3 Å². The minimum atomic E-state index is -3.59. The molecule has 0 amide bonds. The lowest BCUT2D eigenvalue weighted by atomic mass is 9.81. The van der Waals surface area contributed by atoms with Gasteiger partial charge in [0.15, 0.2) is 0 Å². The van der Waals surface area contributed by atoms with Crippen molar-refractivity contribution < 1.29 is 8.42 Å². The number of rotatable bonds is 4. The molecule has 6 heteroatoms. The molecule has 2 atom stereocenters. The molecule has 1 fully saturated rings. The van der Waals surface area contributed by atoms with Gasteiger partial charge in [0.25, 0.3) is 0 Å². The summed E-state index contributed by atoms with van der Waals surface area (Å²) >= 11 is 6.09. The van der Waals surface area contributed by atoms with Crippen LogP contribution in [-0.2, 0) is 16.6 Å². The van der Waals surface area contributed by atoms with Gasteiger partial charge in [0.05, 0.1) is 5.02 Å². The lowest BCUT2D eigenvalue weighted by Gasteiger charge is -2.31. The molecule has 0 heterocycles. The second-order valence-electron chi connectivity index (χ2n) is 6.20. The summed E-state index contributed by atoms with van der Waals surface area (Å²) in [6, 6.07) is 4.83. The first-order chi connectivity index (χ1) is 9.81. The molecule has 118 valence electrons. The molecule has 1 aromatic rings. The molecule has 0 aromatic heterocycles. The summed E-state index contributed by atoms with van der Waals surface area (Å²) in [4.78, 5) is 0.132. The van der Waals surface area contributed by atoms with E-state index in [0.29, 0.717) is 18.4 Å². The van der Waals surface area contributed by atoms with Crippen molar-refractivity contribution in [1.82, 2.24) is 4.72 Å². The average Bonchev–Trinajstić information content (AvgIpc) is 2.36. The first kappa shape index (κ1) is 16.7. The van der Waals surface area contributed by atoms with E-state index in [-0.39, 0.29) is 16.0 Å². The quantitative estimate of drug-likeness (QED) is 0.891. The topological polar surface area (TPSA) is 72.2 Å². The Balaban J connectivity index is 2.18. The molecule has 4 nitrogen and oxygen atoms in total. The molecule has 1 aromatic carbocycles. The molecule has 2 rings (SSSR count). The van der Waals surface area contributed by atoms with Crippen LogP contribution in [0.5, 0.6) is 0 Å². The Morgan fingerprint density at radius 1 is 1.24 bits per heavy atom. The van der Waals surface area contributed by atoms with Crippen LogP contribution in [0.1, 0.15) is 38.7 Å². The maximum absolute atomic E-state index is 12.5. The number of halogens is 1. The second-order valence-corrected chi connectivity index (χ2v) is 8.29. The lowest BCUT2D eigenvalue weighted by molar-refractivity contribution is 0.257. The summed E-state index contributed by atoms with van der Waals surface area (Å²) in [7, 11) is -3.59. The molecule has 1 aliphatic rings. The third-order valence-electron chi connectivity index (χ3n) is 4.02. The highest BCUT2D eigenvalue weighted by Crippen LogP contribution is 2.30. The normalized spacial score (nSPS) is 26.8. The second kappa shape index (κ2) is 6.65. The van der Waals surface area contributed by atoms with Crippen LogP contribution in [0.25, 0.3) is 0 Å². The van der Waals surface area contributed by atoms with Crippen LogP contribution >= 0.6 is 11.6 Å². The summed E-state index contributed by atoms with van der Waals surface area (Å²) in [5.74, 6) is 1.08. The van der Waals surface area contributed by atoms with Crippen LogP contribution in [0.2, 0.25) is 5.02 Å². The van der Waals surface area contributed by atoms with E-state index in [0.717, 1.165) is 24.8 Å². The zero-order valence-electron chi connectivity index (χ0n) is 12.5. The van der Waals surface area contributed by atoms with Crippen molar-refractivity contribution in [3.8, 4) is 0 Å². The smallest absolute Gasteiger partial charge is 0.242 e. The van der Waals surface area contributed by atoms with Crippen molar-refractivity contribution in [1.29, 1.82) is 0 Å². The van der Waals surface area contributed by atoms with E-state index < -0.39 is 10.0 Å². The molecule has 0 bridgehead atoms. The van der Waals surface area contributed by atoms with Crippen molar-refractivity contribution in [3.05, 3.63) is 28.8 Å². The molecule has 0 saturated heterocycles. The lowest BCUT2D eigenvalue weighted by Crippen LogP contribution is -2.40. The predicted octanol–water partition coefficient (Wildman–Crippen LogP) is 2.90. The fourth-order valence-electron chi connectivity index (χ4n) is 3.22. The van der Waals surface area contributed by atoms with Gasteiger partial charge >= 0.3 is 0 Å². The summed E-state index contributed by atoms with van der Waals surface area (Å²) in [5.41, 5.74) is 6.35. The van der Waals surface area contributed by atoms with E-state index in [1.165, 1.54) is 6.07 Å². The highest BCUT2D eigenvalue weighted by atomic mass is 35.5. The van der Waals surface area contributed by atoms with Crippen LogP contribution in [0.4, 0.5) is 0 Å². The monoisotopic (exact) mass is 330 g/mol. The van der Waals surface area contributed by atoms with Crippen molar-refractivity contribution in [3.63, 3.8) is 0 Å². The Morgan fingerprint density at radius 3 is 2.38 bits per heavy atom. The number of sulfonamides is 1. The Kier molecular flexibility index (Phi) is 5.30. The number of benzene rings is 1. The SMILES string of the molecule is CC1CC(C)CC(NS(=O)(=O)c2ccc(CN)cc2Cl)C1. The Morgan fingerprint density at radius 2 is 1.86 bits per heavy atom. The van der Waals surface area contributed by atoms with Gasteiger partial charge in [-0.3, -0.25) is 0 Å². The third kappa shape index (κ3) is 4.19. The van der Waals surface area contributed by atoms with Gasteiger partial charge in [-0.25, -0.2) is 13.1 Å². The maximum Gasteiger partial charge on any atom is 0.242 e. The minimum absolute atomic E-state index is 0.0148. The molecule has 0 aliphatic heterocycles. The number of nitrogens with two attached hydrogens (primary N) is 1. The Hall–Kier alpha value is -0.620. The number of hydrogen-bond donors (Lipinski definition) is 2. The molecule has 3 N–H and O–H groups in total. The fraction of sp³-hybridized carbons (Fsp3) is 0.600. The van der Waals surface area contributed by atoms with Crippen molar-refractivity contribution >= 4 is 21.6 Å². The third-order valence-corrected chi connectivity index (χ3v) is 6.03. The maximum atomic E-state index is 12.5. The molecule has 0 spiro atoms. The van der Waals surface area contributed by atoms with Gasteiger partial charge in [-0.05, 0) is 48.8 Å². The minimum Gasteiger partial charge on any atom is -0.326 e. The van der Waals surface area contributed by atoms with Gasteiger partial charge in [0.1, 0.15) is 4.90 Å². The highest BCUT2D eigenvalue weighted by Gasteiger charge is 2.28. The zero-order chi connectivity index (χ0) is 15.6. The van der Waals surface area contributed by atoms with E-state index in [1.807, 2.05) is 0 Å².